The fraction of sp³-hybridized carbons (Fsp3) is 0.571. The number of ether oxygens (including phenoxy) is 1. The third-order valence-corrected chi connectivity index (χ3v) is 3.49. The highest BCUT2D eigenvalue weighted by Crippen LogP contribution is 2.07. The fourth-order valence-corrected chi connectivity index (χ4v) is 2.34. The van der Waals surface area contributed by atoms with E-state index in [9.17, 15) is 9.59 Å². The van der Waals surface area contributed by atoms with Gasteiger partial charge >= 0.3 is 6.09 Å². The molecule has 1 aliphatic heterocycles. The highest BCUT2D eigenvalue weighted by Gasteiger charge is 2.23. The topological polar surface area (TPSA) is 54.8 Å². The van der Waals surface area contributed by atoms with Gasteiger partial charge in [-0.25, -0.2) is 4.79 Å². The molecular weight excluding hydrogens is 258 g/mol. The quantitative estimate of drug-likeness (QED) is 0.771. The summed E-state index contributed by atoms with van der Waals surface area (Å²) < 4.78 is 6.80. The minimum Gasteiger partial charge on any atom is -0.450 e. The van der Waals surface area contributed by atoms with Crippen molar-refractivity contribution < 1.29 is 14.3 Å². The van der Waals surface area contributed by atoms with Gasteiger partial charge in [0.2, 0.25) is 0 Å². The molecule has 1 aromatic heterocycles. The van der Waals surface area contributed by atoms with Crippen molar-refractivity contribution in [2.45, 2.75) is 6.92 Å². The van der Waals surface area contributed by atoms with Gasteiger partial charge < -0.3 is 14.2 Å². The summed E-state index contributed by atoms with van der Waals surface area (Å²) in [6, 6.07) is 3.70. The monoisotopic (exact) mass is 279 g/mol. The average molecular weight is 279 g/mol. The molecule has 0 saturated carbocycles. The number of aromatic nitrogens is 1. The lowest BCUT2D eigenvalue weighted by molar-refractivity contribution is 0.0729. The second-order valence-corrected chi connectivity index (χ2v) is 4.89. The minimum atomic E-state index is -0.263. The van der Waals surface area contributed by atoms with Crippen LogP contribution in [0.2, 0.25) is 0 Å². The minimum absolute atomic E-state index is 0.113. The van der Waals surface area contributed by atoms with Crippen LogP contribution in [-0.2, 0) is 11.8 Å². The molecule has 20 heavy (non-hydrogen) atoms. The molecule has 0 spiro atoms. The fourth-order valence-electron chi connectivity index (χ4n) is 2.34. The van der Waals surface area contributed by atoms with Crippen LogP contribution in [0.4, 0.5) is 4.79 Å². The van der Waals surface area contributed by atoms with Crippen molar-refractivity contribution in [1.29, 1.82) is 0 Å². The van der Waals surface area contributed by atoms with Gasteiger partial charge in [-0.2, -0.15) is 0 Å². The molecule has 2 rings (SSSR count). The Kier molecular flexibility index (Phi) is 4.79. The van der Waals surface area contributed by atoms with E-state index in [0.29, 0.717) is 39.3 Å². The first-order valence-electron chi connectivity index (χ1n) is 6.90. The third kappa shape index (κ3) is 3.39. The smallest absolute Gasteiger partial charge is 0.409 e. The average Bonchev–Trinajstić information content (AvgIpc) is 2.86. The summed E-state index contributed by atoms with van der Waals surface area (Å²) in [7, 11) is 1.87. The van der Waals surface area contributed by atoms with E-state index in [4.69, 9.17) is 4.74 Å². The zero-order chi connectivity index (χ0) is 14.5. The van der Waals surface area contributed by atoms with Crippen molar-refractivity contribution in [2.24, 2.45) is 7.05 Å². The number of carbonyl (C=O) groups excluding carboxylic acids is 2. The third-order valence-electron chi connectivity index (χ3n) is 3.49. The Morgan fingerprint density at radius 1 is 1.25 bits per heavy atom. The number of ketones is 1. The normalized spacial score (nSPS) is 16.2. The Morgan fingerprint density at radius 2 is 1.95 bits per heavy atom. The van der Waals surface area contributed by atoms with Crippen LogP contribution >= 0.6 is 0 Å². The zero-order valence-electron chi connectivity index (χ0n) is 12.0. The molecule has 1 fully saturated rings. The molecule has 6 nitrogen and oxygen atoms in total. The van der Waals surface area contributed by atoms with E-state index in [-0.39, 0.29) is 11.9 Å². The molecule has 0 N–H and O–H groups in total. The lowest BCUT2D eigenvalue weighted by Gasteiger charge is -2.33. The van der Waals surface area contributed by atoms with E-state index < -0.39 is 0 Å². The molecule has 1 saturated heterocycles. The first-order valence-corrected chi connectivity index (χ1v) is 6.90. The van der Waals surface area contributed by atoms with Crippen LogP contribution in [-0.4, -0.2) is 65.6 Å². The van der Waals surface area contributed by atoms with Gasteiger partial charge in [-0.05, 0) is 19.1 Å². The summed E-state index contributed by atoms with van der Waals surface area (Å²) >= 11 is 0. The van der Waals surface area contributed by atoms with Crippen molar-refractivity contribution in [3.05, 3.63) is 24.0 Å². The SMILES string of the molecule is CCOC(=O)N1CCN(CC(=O)c2cccn2C)CC1. The molecule has 0 unspecified atom stereocenters. The van der Waals surface area contributed by atoms with Crippen LogP contribution < -0.4 is 0 Å². The van der Waals surface area contributed by atoms with E-state index >= 15 is 0 Å². The summed E-state index contributed by atoms with van der Waals surface area (Å²) in [5.74, 6) is 0.113. The number of rotatable bonds is 4. The first kappa shape index (κ1) is 14.6. The molecule has 0 aromatic carbocycles. The van der Waals surface area contributed by atoms with Crippen LogP contribution in [0, 0.1) is 0 Å². The maximum atomic E-state index is 12.1. The van der Waals surface area contributed by atoms with Gasteiger partial charge in [0.15, 0.2) is 5.78 Å². The van der Waals surface area contributed by atoms with Crippen molar-refractivity contribution >= 4 is 11.9 Å². The molecule has 0 radical (unpaired) electrons. The molecule has 1 amide bonds. The van der Waals surface area contributed by atoms with Gasteiger partial charge in [0.1, 0.15) is 0 Å². The van der Waals surface area contributed by atoms with Crippen LogP contribution in [0.3, 0.4) is 0 Å². The summed E-state index contributed by atoms with van der Waals surface area (Å²) in [4.78, 5) is 27.5. The highest BCUT2D eigenvalue weighted by molar-refractivity contribution is 5.96. The summed E-state index contributed by atoms with van der Waals surface area (Å²) in [5, 5.41) is 0. The van der Waals surface area contributed by atoms with Gasteiger partial charge in [-0.3, -0.25) is 9.69 Å². The summed E-state index contributed by atoms with van der Waals surface area (Å²) in [6.07, 6.45) is 1.60. The lowest BCUT2D eigenvalue weighted by Crippen LogP contribution is -2.50. The van der Waals surface area contributed by atoms with Crippen LogP contribution in [0.5, 0.6) is 0 Å². The number of hydrogen-bond acceptors (Lipinski definition) is 4. The van der Waals surface area contributed by atoms with E-state index in [1.807, 2.05) is 29.9 Å². The van der Waals surface area contributed by atoms with Gasteiger partial charge in [-0.1, -0.05) is 0 Å². The number of nitrogens with zero attached hydrogens (tertiary/aromatic N) is 3. The molecule has 110 valence electrons. The molecule has 0 aliphatic carbocycles. The first-order chi connectivity index (χ1) is 9.61. The predicted octanol–water partition coefficient (Wildman–Crippen LogP) is 0.982. The van der Waals surface area contributed by atoms with Crippen LogP contribution in [0.1, 0.15) is 17.4 Å². The van der Waals surface area contributed by atoms with Crippen molar-refractivity contribution in [3.63, 3.8) is 0 Å². The van der Waals surface area contributed by atoms with Gasteiger partial charge in [0.25, 0.3) is 0 Å². The van der Waals surface area contributed by atoms with Crippen LogP contribution in [0.25, 0.3) is 0 Å². The molecule has 2 heterocycles. The Balaban J connectivity index is 1.81. The highest BCUT2D eigenvalue weighted by atomic mass is 16.6. The number of amides is 1. The maximum Gasteiger partial charge on any atom is 0.409 e. The number of hydrogen-bond donors (Lipinski definition) is 0. The van der Waals surface area contributed by atoms with Gasteiger partial charge in [-0.15, -0.1) is 0 Å². The standard InChI is InChI=1S/C14H21N3O3/c1-3-20-14(19)17-9-7-16(8-10-17)11-13(18)12-5-4-6-15(12)2/h4-6H,3,7-11H2,1-2H3. The zero-order valence-corrected chi connectivity index (χ0v) is 12.0. The summed E-state index contributed by atoms with van der Waals surface area (Å²) in [6.45, 7) is 5.22. The lowest BCUT2D eigenvalue weighted by atomic mass is 10.2. The summed E-state index contributed by atoms with van der Waals surface area (Å²) in [5.41, 5.74) is 0.720. The Hall–Kier alpha value is -1.82. The van der Waals surface area contributed by atoms with E-state index in [1.165, 1.54) is 0 Å². The molecule has 1 aliphatic rings. The second-order valence-electron chi connectivity index (χ2n) is 4.89. The van der Waals surface area contributed by atoms with E-state index in [0.717, 1.165) is 5.69 Å². The number of aryl methyl sites for hydroxylation is 1. The number of Topliss-reactive ketones (excluding diaryl/α,β-unsaturated/α-hetero) is 1. The molecule has 6 heteroatoms. The van der Waals surface area contributed by atoms with Crippen molar-refractivity contribution in [1.82, 2.24) is 14.4 Å². The maximum absolute atomic E-state index is 12.1. The molecule has 0 atom stereocenters. The predicted molar refractivity (Wildman–Crippen MR) is 74.8 cm³/mol. The number of piperazine rings is 1. The Labute approximate surface area is 118 Å². The second kappa shape index (κ2) is 6.56. The molecule has 1 aromatic rings. The largest absolute Gasteiger partial charge is 0.450 e. The van der Waals surface area contributed by atoms with Crippen molar-refractivity contribution in [3.8, 4) is 0 Å². The van der Waals surface area contributed by atoms with Gasteiger partial charge in [0.05, 0.1) is 18.8 Å². The Morgan fingerprint density at radius 3 is 2.50 bits per heavy atom. The van der Waals surface area contributed by atoms with Crippen LogP contribution in [0.15, 0.2) is 18.3 Å². The Bertz CT molecular complexity index is 476. The molecule has 0 bridgehead atoms. The van der Waals surface area contributed by atoms with Crippen molar-refractivity contribution in [2.75, 3.05) is 39.3 Å². The van der Waals surface area contributed by atoms with E-state index in [1.54, 1.807) is 11.8 Å². The van der Waals surface area contributed by atoms with Gasteiger partial charge in [0, 0.05) is 39.4 Å². The molecular formula is C14H21N3O3. The van der Waals surface area contributed by atoms with E-state index in [2.05, 4.69) is 4.90 Å². The number of carbonyl (C=O) groups is 2.